The van der Waals surface area contributed by atoms with Gasteiger partial charge in [-0.3, -0.25) is 14.6 Å². The Morgan fingerprint density at radius 2 is 1.76 bits per heavy atom. The van der Waals surface area contributed by atoms with E-state index >= 15 is 0 Å². The van der Waals surface area contributed by atoms with Crippen molar-refractivity contribution in [3.63, 3.8) is 0 Å². The first-order chi connectivity index (χ1) is 14.0. The highest BCUT2D eigenvalue weighted by atomic mass is 16.5. The van der Waals surface area contributed by atoms with Crippen molar-refractivity contribution in [2.45, 2.75) is 104 Å². The second kappa shape index (κ2) is 17.7. The van der Waals surface area contributed by atoms with E-state index < -0.39 is 0 Å². The molecule has 0 spiro atoms. The smallest absolute Gasteiger partial charge is 0.308 e. The van der Waals surface area contributed by atoms with Gasteiger partial charge in [-0.25, -0.2) is 5.43 Å². The highest BCUT2D eigenvalue weighted by molar-refractivity contribution is 5.72. The first-order valence-electron chi connectivity index (χ1n) is 11.8. The summed E-state index contributed by atoms with van der Waals surface area (Å²) in [5.74, 6) is 0.0138. The number of hydrogen-bond acceptors (Lipinski definition) is 5. The van der Waals surface area contributed by atoms with Gasteiger partial charge in [-0.05, 0) is 32.6 Å². The van der Waals surface area contributed by atoms with Crippen molar-refractivity contribution in [3.8, 4) is 0 Å². The van der Waals surface area contributed by atoms with E-state index in [1.807, 2.05) is 6.92 Å². The summed E-state index contributed by atoms with van der Waals surface area (Å²) in [6.45, 7) is 13.0. The molecular formula is C23H47N3O3. The van der Waals surface area contributed by atoms with Crippen LogP contribution < -0.4 is 10.7 Å². The Labute approximate surface area is 179 Å². The molecule has 0 aliphatic heterocycles. The number of rotatable bonds is 20. The minimum atomic E-state index is -0.0924. The van der Waals surface area contributed by atoms with Crippen LogP contribution in [0.25, 0.3) is 0 Å². The Morgan fingerprint density at radius 1 is 1.07 bits per heavy atom. The minimum Gasteiger partial charge on any atom is -0.464 e. The maximum absolute atomic E-state index is 12.5. The molecule has 0 heterocycles. The number of ether oxygens (including phenoxy) is 1. The average Bonchev–Trinajstić information content (AvgIpc) is 2.73. The van der Waals surface area contributed by atoms with Crippen LogP contribution in [0.3, 0.4) is 0 Å². The van der Waals surface area contributed by atoms with Gasteiger partial charge in [0.2, 0.25) is 6.41 Å². The van der Waals surface area contributed by atoms with Gasteiger partial charge in [-0.1, -0.05) is 66.2 Å². The maximum Gasteiger partial charge on any atom is 0.308 e. The molecule has 0 fully saturated rings. The van der Waals surface area contributed by atoms with Gasteiger partial charge >= 0.3 is 5.97 Å². The molecule has 0 aliphatic carbocycles. The number of esters is 1. The summed E-state index contributed by atoms with van der Waals surface area (Å²) in [4.78, 5) is 23.6. The highest BCUT2D eigenvalue weighted by Crippen LogP contribution is 2.19. The second-order valence-electron chi connectivity index (χ2n) is 8.26. The summed E-state index contributed by atoms with van der Waals surface area (Å²) in [6.07, 6.45) is 11.5. The molecule has 0 saturated carbocycles. The third-order valence-corrected chi connectivity index (χ3v) is 5.72. The van der Waals surface area contributed by atoms with Gasteiger partial charge in [0.15, 0.2) is 0 Å². The lowest BCUT2D eigenvalue weighted by molar-refractivity contribution is -0.149. The molecule has 0 aromatic heterocycles. The highest BCUT2D eigenvalue weighted by Gasteiger charge is 2.23. The van der Waals surface area contributed by atoms with Crippen LogP contribution in [0.5, 0.6) is 0 Å². The molecular weight excluding hydrogens is 366 g/mol. The molecule has 0 aliphatic rings. The fraction of sp³-hybridized carbons (Fsp3) is 0.913. The number of carbonyl (C=O) groups excluding carboxylic acids is 2. The molecule has 2 atom stereocenters. The molecule has 0 aromatic rings. The largest absolute Gasteiger partial charge is 0.464 e. The van der Waals surface area contributed by atoms with E-state index in [0.717, 1.165) is 57.9 Å². The van der Waals surface area contributed by atoms with Gasteiger partial charge in [0.1, 0.15) is 6.61 Å². The molecule has 2 N–H and O–H groups in total. The lowest BCUT2D eigenvalue weighted by Gasteiger charge is -2.32. The lowest BCUT2D eigenvalue weighted by atomic mass is 9.94. The number of hydrazine groups is 1. The van der Waals surface area contributed by atoms with E-state index in [-0.39, 0.29) is 17.4 Å². The summed E-state index contributed by atoms with van der Waals surface area (Å²) in [5, 5.41) is 5.11. The summed E-state index contributed by atoms with van der Waals surface area (Å²) in [7, 11) is 0. The predicted octanol–water partition coefficient (Wildman–Crippen LogP) is 4.44. The van der Waals surface area contributed by atoms with E-state index in [1.165, 1.54) is 19.3 Å². The molecule has 0 rings (SSSR count). The number of amides is 1. The number of nitrogens with zero attached hydrogens (tertiary/aromatic N) is 1. The van der Waals surface area contributed by atoms with Gasteiger partial charge in [0.05, 0.1) is 5.92 Å². The Kier molecular flexibility index (Phi) is 17.0. The summed E-state index contributed by atoms with van der Waals surface area (Å²) >= 11 is 0. The van der Waals surface area contributed by atoms with E-state index in [2.05, 4.69) is 38.4 Å². The second-order valence-corrected chi connectivity index (χ2v) is 8.26. The van der Waals surface area contributed by atoms with Crippen molar-refractivity contribution in [3.05, 3.63) is 0 Å². The van der Waals surface area contributed by atoms with Gasteiger partial charge < -0.3 is 10.1 Å². The standard InChI is InChI=1S/C23H47N3O3/c1-6-10-12-13-15-21(14-11-7-2)22(28)29-19-17-24-23(5,8-3)16-18-26(20-27)25-9-4/h20-21,24-25H,6-19H2,1-5H3. The number of hydrogen-bond donors (Lipinski definition) is 2. The molecule has 29 heavy (non-hydrogen) atoms. The van der Waals surface area contributed by atoms with Gasteiger partial charge in [0.25, 0.3) is 0 Å². The van der Waals surface area contributed by atoms with Crippen LogP contribution in [-0.2, 0) is 14.3 Å². The maximum atomic E-state index is 12.5. The molecule has 6 heteroatoms. The molecule has 0 aromatic carbocycles. The molecule has 1 amide bonds. The van der Waals surface area contributed by atoms with Crippen molar-refractivity contribution in [2.24, 2.45) is 5.92 Å². The van der Waals surface area contributed by atoms with E-state index in [1.54, 1.807) is 5.01 Å². The van der Waals surface area contributed by atoms with Crippen molar-refractivity contribution in [2.75, 3.05) is 26.2 Å². The van der Waals surface area contributed by atoms with Crippen LogP contribution in [-0.4, -0.2) is 49.2 Å². The SMILES string of the molecule is CCCCCCC(CCCC)C(=O)OCCNC(C)(CC)CCN(C=O)NCC. The van der Waals surface area contributed by atoms with Crippen LogP contribution in [0.1, 0.15) is 98.8 Å². The number of carbonyl (C=O) groups is 2. The number of unbranched alkanes of at least 4 members (excludes halogenated alkanes) is 4. The Hall–Kier alpha value is -1.14. The molecule has 0 radical (unpaired) electrons. The summed E-state index contributed by atoms with van der Waals surface area (Å²) < 4.78 is 5.60. The lowest BCUT2D eigenvalue weighted by Crippen LogP contribution is -2.47. The van der Waals surface area contributed by atoms with Gasteiger partial charge in [-0.15, -0.1) is 0 Å². The van der Waals surface area contributed by atoms with E-state index in [9.17, 15) is 9.59 Å². The van der Waals surface area contributed by atoms with E-state index in [4.69, 9.17) is 4.74 Å². The van der Waals surface area contributed by atoms with Crippen molar-refractivity contribution in [1.29, 1.82) is 0 Å². The molecule has 0 bridgehead atoms. The van der Waals surface area contributed by atoms with Crippen LogP contribution in [0, 0.1) is 5.92 Å². The molecule has 2 unspecified atom stereocenters. The fourth-order valence-corrected chi connectivity index (χ4v) is 3.40. The van der Waals surface area contributed by atoms with Gasteiger partial charge in [-0.2, -0.15) is 0 Å². The zero-order valence-electron chi connectivity index (χ0n) is 19.7. The molecule has 6 nitrogen and oxygen atoms in total. The summed E-state index contributed by atoms with van der Waals surface area (Å²) in [6, 6.07) is 0. The first kappa shape index (κ1) is 27.9. The Morgan fingerprint density at radius 3 is 2.34 bits per heavy atom. The zero-order chi connectivity index (χ0) is 22.0. The minimum absolute atomic E-state index is 0.0331. The topological polar surface area (TPSA) is 70.7 Å². The molecule has 172 valence electrons. The predicted molar refractivity (Wildman–Crippen MR) is 120 cm³/mol. The quantitative estimate of drug-likeness (QED) is 0.134. The average molecular weight is 414 g/mol. The van der Waals surface area contributed by atoms with E-state index in [0.29, 0.717) is 19.7 Å². The normalized spacial score (nSPS) is 14.2. The van der Waals surface area contributed by atoms with Crippen LogP contribution in [0.2, 0.25) is 0 Å². The monoisotopic (exact) mass is 413 g/mol. The third kappa shape index (κ3) is 13.7. The van der Waals surface area contributed by atoms with Gasteiger partial charge in [0, 0.05) is 25.2 Å². The Balaban J connectivity index is 4.33. The Bertz CT molecular complexity index is 420. The molecule has 0 saturated heterocycles. The van der Waals surface area contributed by atoms with Crippen molar-refractivity contribution >= 4 is 12.4 Å². The van der Waals surface area contributed by atoms with Crippen LogP contribution in [0.15, 0.2) is 0 Å². The first-order valence-corrected chi connectivity index (χ1v) is 11.8. The van der Waals surface area contributed by atoms with Crippen molar-refractivity contribution < 1.29 is 14.3 Å². The van der Waals surface area contributed by atoms with Crippen LogP contribution >= 0.6 is 0 Å². The zero-order valence-corrected chi connectivity index (χ0v) is 19.7. The van der Waals surface area contributed by atoms with Crippen LogP contribution in [0.4, 0.5) is 0 Å². The fourth-order valence-electron chi connectivity index (χ4n) is 3.40. The number of nitrogens with one attached hydrogen (secondary N) is 2. The third-order valence-electron chi connectivity index (χ3n) is 5.72. The summed E-state index contributed by atoms with van der Waals surface area (Å²) in [5.41, 5.74) is 2.94. The van der Waals surface area contributed by atoms with Crippen molar-refractivity contribution in [1.82, 2.24) is 15.8 Å².